The number of benzene rings is 2. The number of aryl methyl sites for hydroxylation is 3. The van der Waals surface area contributed by atoms with Gasteiger partial charge in [0, 0.05) is 18.8 Å². The van der Waals surface area contributed by atoms with Crippen molar-refractivity contribution in [2.75, 3.05) is 12.4 Å². The van der Waals surface area contributed by atoms with E-state index in [9.17, 15) is 4.79 Å². The maximum Gasteiger partial charge on any atom is 0.338 e. The molecule has 5 heteroatoms. The van der Waals surface area contributed by atoms with Crippen molar-refractivity contribution in [1.82, 2.24) is 4.90 Å². The molecule has 0 saturated carbocycles. The molecule has 0 heterocycles. The number of anilines is 1. The summed E-state index contributed by atoms with van der Waals surface area (Å²) in [5.74, 6) is -0.313. The molecule has 0 aromatic heterocycles. The Kier molecular flexibility index (Phi) is 6.97. The molecule has 0 fully saturated rings. The summed E-state index contributed by atoms with van der Waals surface area (Å²) in [6.07, 6.45) is 0. The third-order valence-electron chi connectivity index (χ3n) is 4.75. The van der Waals surface area contributed by atoms with E-state index >= 15 is 0 Å². The topological polar surface area (TPSA) is 41.6 Å². The van der Waals surface area contributed by atoms with Crippen molar-refractivity contribution in [2.45, 2.75) is 47.3 Å². The minimum atomic E-state index is -0.313. The fraction of sp³-hybridized carbons (Fsp3) is 0.364. The van der Waals surface area contributed by atoms with Gasteiger partial charge >= 0.3 is 5.97 Å². The molecule has 0 amide bonds. The molecular weight excluding hydrogens is 356 g/mol. The summed E-state index contributed by atoms with van der Waals surface area (Å²) in [5.41, 5.74) is 5.41. The molecule has 2 aromatic rings. The van der Waals surface area contributed by atoms with Crippen LogP contribution in [0, 0.1) is 20.8 Å². The van der Waals surface area contributed by atoms with Gasteiger partial charge in [0.15, 0.2) is 5.11 Å². The third kappa shape index (κ3) is 5.30. The second-order valence-electron chi connectivity index (χ2n) is 7.12. The molecule has 0 atom stereocenters. The Hall–Kier alpha value is -2.40. The van der Waals surface area contributed by atoms with Crippen molar-refractivity contribution in [1.29, 1.82) is 0 Å². The molecule has 0 aliphatic heterocycles. The summed E-state index contributed by atoms with van der Waals surface area (Å²) in [5, 5.41) is 3.92. The highest BCUT2D eigenvalue weighted by Crippen LogP contribution is 2.22. The lowest BCUT2D eigenvalue weighted by molar-refractivity contribution is 0.0471. The average Bonchev–Trinajstić information content (AvgIpc) is 2.62. The molecule has 27 heavy (non-hydrogen) atoms. The molecule has 4 nitrogen and oxygen atoms in total. The maximum absolute atomic E-state index is 12.6. The number of hydrogen-bond donors (Lipinski definition) is 1. The van der Waals surface area contributed by atoms with Crippen LogP contribution in [0.25, 0.3) is 0 Å². The maximum atomic E-state index is 12.6. The quantitative estimate of drug-likeness (QED) is 0.580. The standard InChI is InChI=1S/C22H28N2O2S/c1-14(2)24(6)22(27)23-20-12-16(4)19(11-17(20)5)21(25)26-13-18-10-8-7-9-15(18)3/h7-12,14H,13H2,1-6H3,(H,23,27). The lowest BCUT2D eigenvalue weighted by Gasteiger charge is -2.25. The third-order valence-corrected chi connectivity index (χ3v) is 5.14. The largest absolute Gasteiger partial charge is 0.457 e. The summed E-state index contributed by atoms with van der Waals surface area (Å²) in [6.45, 7) is 10.3. The van der Waals surface area contributed by atoms with Gasteiger partial charge in [-0.2, -0.15) is 0 Å². The van der Waals surface area contributed by atoms with Crippen molar-refractivity contribution in [3.63, 3.8) is 0 Å². The van der Waals surface area contributed by atoms with Gasteiger partial charge in [0.2, 0.25) is 0 Å². The highest BCUT2D eigenvalue weighted by Gasteiger charge is 2.15. The lowest BCUT2D eigenvalue weighted by atomic mass is 10.0. The van der Waals surface area contributed by atoms with E-state index in [1.54, 1.807) is 0 Å². The van der Waals surface area contributed by atoms with Crippen LogP contribution in [0.1, 0.15) is 46.5 Å². The lowest BCUT2D eigenvalue weighted by Crippen LogP contribution is -2.36. The van der Waals surface area contributed by atoms with Gasteiger partial charge in [-0.15, -0.1) is 0 Å². The minimum absolute atomic E-state index is 0.271. The Balaban J connectivity index is 2.12. The minimum Gasteiger partial charge on any atom is -0.457 e. The smallest absolute Gasteiger partial charge is 0.338 e. The average molecular weight is 385 g/mol. The summed E-state index contributed by atoms with van der Waals surface area (Å²) in [6, 6.07) is 12.0. The number of esters is 1. The molecule has 0 aliphatic rings. The van der Waals surface area contributed by atoms with Crippen LogP contribution in [0.5, 0.6) is 0 Å². The first-order valence-corrected chi connectivity index (χ1v) is 9.48. The van der Waals surface area contributed by atoms with Gasteiger partial charge in [-0.05, 0) is 81.2 Å². The van der Waals surface area contributed by atoms with Crippen LogP contribution in [0.3, 0.4) is 0 Å². The number of carbonyl (C=O) groups excluding carboxylic acids is 1. The van der Waals surface area contributed by atoms with Crippen molar-refractivity contribution in [3.8, 4) is 0 Å². The highest BCUT2D eigenvalue weighted by atomic mass is 32.1. The fourth-order valence-electron chi connectivity index (χ4n) is 2.60. The zero-order valence-corrected chi connectivity index (χ0v) is 17.7. The van der Waals surface area contributed by atoms with E-state index in [0.29, 0.717) is 16.7 Å². The number of nitrogens with zero attached hydrogens (tertiary/aromatic N) is 1. The van der Waals surface area contributed by atoms with Crippen molar-refractivity contribution in [3.05, 3.63) is 64.2 Å². The summed E-state index contributed by atoms with van der Waals surface area (Å²) >= 11 is 5.45. The Labute approximate surface area is 167 Å². The van der Waals surface area contributed by atoms with E-state index in [4.69, 9.17) is 17.0 Å². The normalized spacial score (nSPS) is 10.6. The van der Waals surface area contributed by atoms with Gasteiger partial charge in [-0.25, -0.2) is 4.79 Å². The van der Waals surface area contributed by atoms with Crippen LogP contribution in [0.2, 0.25) is 0 Å². The second kappa shape index (κ2) is 9.00. The molecule has 0 spiro atoms. The Morgan fingerprint density at radius 2 is 1.78 bits per heavy atom. The van der Waals surface area contributed by atoms with Crippen LogP contribution in [-0.2, 0) is 11.3 Å². The molecule has 0 radical (unpaired) electrons. The number of rotatable bonds is 5. The van der Waals surface area contributed by atoms with Gasteiger partial charge < -0.3 is 15.0 Å². The van der Waals surface area contributed by atoms with Crippen LogP contribution in [0.15, 0.2) is 36.4 Å². The van der Waals surface area contributed by atoms with Crippen molar-refractivity contribution in [2.24, 2.45) is 0 Å². The van der Waals surface area contributed by atoms with E-state index in [-0.39, 0.29) is 12.6 Å². The van der Waals surface area contributed by atoms with E-state index in [1.807, 2.05) is 69.1 Å². The Bertz CT molecular complexity index is 846. The van der Waals surface area contributed by atoms with Crippen LogP contribution in [0.4, 0.5) is 5.69 Å². The molecule has 2 rings (SSSR count). The predicted molar refractivity (Wildman–Crippen MR) is 115 cm³/mol. The van der Waals surface area contributed by atoms with Gasteiger partial charge in [-0.3, -0.25) is 0 Å². The number of thiocarbonyl (C=S) groups is 1. The predicted octanol–water partition coefficient (Wildman–Crippen LogP) is 5.01. The Morgan fingerprint density at radius 3 is 2.41 bits per heavy atom. The van der Waals surface area contributed by atoms with Gasteiger partial charge in [0.1, 0.15) is 6.61 Å². The molecule has 2 aromatic carbocycles. The fourth-order valence-corrected chi connectivity index (χ4v) is 2.92. The molecule has 1 N–H and O–H groups in total. The Morgan fingerprint density at radius 1 is 1.11 bits per heavy atom. The van der Waals surface area contributed by atoms with Crippen LogP contribution >= 0.6 is 12.2 Å². The SMILES string of the molecule is Cc1ccccc1COC(=O)c1cc(C)c(NC(=S)N(C)C(C)C)cc1C. The van der Waals surface area contributed by atoms with Crippen LogP contribution in [-0.4, -0.2) is 29.1 Å². The molecular formula is C22H28N2O2S. The zero-order chi connectivity index (χ0) is 20.1. The molecule has 0 bridgehead atoms. The van der Waals surface area contributed by atoms with Gasteiger partial charge in [0.05, 0.1) is 5.56 Å². The number of ether oxygens (including phenoxy) is 1. The molecule has 0 unspecified atom stereocenters. The second-order valence-corrected chi connectivity index (χ2v) is 7.51. The summed E-state index contributed by atoms with van der Waals surface area (Å²) in [7, 11) is 1.96. The zero-order valence-electron chi connectivity index (χ0n) is 16.9. The molecule has 0 saturated heterocycles. The monoisotopic (exact) mass is 384 g/mol. The van der Waals surface area contributed by atoms with E-state index in [1.165, 1.54) is 0 Å². The van der Waals surface area contributed by atoms with Crippen molar-refractivity contribution < 1.29 is 9.53 Å². The first-order chi connectivity index (χ1) is 12.7. The summed E-state index contributed by atoms with van der Waals surface area (Å²) in [4.78, 5) is 14.6. The van der Waals surface area contributed by atoms with Gasteiger partial charge in [-0.1, -0.05) is 24.3 Å². The first kappa shape index (κ1) is 20.9. The van der Waals surface area contributed by atoms with E-state index in [0.717, 1.165) is 27.9 Å². The number of hydrogen-bond acceptors (Lipinski definition) is 3. The molecule has 144 valence electrons. The number of nitrogens with one attached hydrogen (secondary N) is 1. The first-order valence-electron chi connectivity index (χ1n) is 9.07. The summed E-state index contributed by atoms with van der Waals surface area (Å²) < 4.78 is 5.53. The van der Waals surface area contributed by atoms with Crippen LogP contribution < -0.4 is 5.32 Å². The van der Waals surface area contributed by atoms with E-state index < -0.39 is 0 Å². The highest BCUT2D eigenvalue weighted by molar-refractivity contribution is 7.80. The molecule has 0 aliphatic carbocycles. The van der Waals surface area contributed by atoms with Crippen molar-refractivity contribution >= 4 is 29.0 Å². The number of carbonyl (C=O) groups is 1. The van der Waals surface area contributed by atoms with Gasteiger partial charge in [0.25, 0.3) is 0 Å². The van der Waals surface area contributed by atoms with E-state index in [2.05, 4.69) is 19.2 Å².